The molecular weight excluding hydrogens is 412 g/mol. The van der Waals surface area contributed by atoms with Gasteiger partial charge in [0.05, 0.1) is 36.4 Å². The quantitative estimate of drug-likeness (QED) is 0.317. The van der Waals surface area contributed by atoms with Crippen LogP contribution in [0, 0.1) is 10.1 Å². The van der Waals surface area contributed by atoms with Gasteiger partial charge in [0.2, 0.25) is 0 Å². The Morgan fingerprint density at radius 2 is 2.00 bits per heavy atom. The van der Waals surface area contributed by atoms with Crippen LogP contribution in [0.2, 0.25) is 5.02 Å². The van der Waals surface area contributed by atoms with Gasteiger partial charge < -0.3 is 14.5 Å². The molecule has 154 valence electrons. The zero-order valence-electron chi connectivity index (χ0n) is 15.8. The van der Waals surface area contributed by atoms with Crippen molar-refractivity contribution in [2.45, 2.75) is 0 Å². The van der Waals surface area contributed by atoms with Gasteiger partial charge in [-0.25, -0.2) is 5.43 Å². The summed E-state index contributed by atoms with van der Waals surface area (Å²) in [5.74, 6) is 0.795. The minimum atomic E-state index is -0.503. The number of anilines is 1. The molecule has 0 aliphatic carbocycles. The van der Waals surface area contributed by atoms with E-state index in [4.69, 9.17) is 20.8 Å². The van der Waals surface area contributed by atoms with Crippen LogP contribution in [0.5, 0.6) is 5.75 Å². The number of nitrogens with one attached hydrogen (secondary N) is 2. The molecular formula is C20H17ClN4O5. The second-order valence-corrected chi connectivity index (χ2v) is 6.43. The predicted molar refractivity (Wildman–Crippen MR) is 113 cm³/mol. The molecule has 0 spiro atoms. The highest BCUT2D eigenvalue weighted by Gasteiger charge is 2.15. The molecule has 0 aliphatic rings. The predicted octanol–water partition coefficient (Wildman–Crippen LogP) is 4.08. The van der Waals surface area contributed by atoms with E-state index in [0.717, 1.165) is 5.69 Å². The number of ether oxygens (including phenoxy) is 1. The van der Waals surface area contributed by atoms with Crippen molar-refractivity contribution in [3.8, 4) is 17.1 Å². The average molecular weight is 429 g/mol. The minimum absolute atomic E-state index is 0.0301. The van der Waals surface area contributed by atoms with Crippen LogP contribution >= 0.6 is 11.6 Å². The molecule has 0 saturated heterocycles. The van der Waals surface area contributed by atoms with Crippen LogP contribution in [-0.4, -0.2) is 30.7 Å². The Labute approximate surface area is 176 Å². The van der Waals surface area contributed by atoms with Crippen molar-refractivity contribution in [3.63, 3.8) is 0 Å². The van der Waals surface area contributed by atoms with Crippen LogP contribution in [0.3, 0.4) is 0 Å². The van der Waals surface area contributed by atoms with Gasteiger partial charge in [0.15, 0.2) is 0 Å². The Kier molecular flexibility index (Phi) is 6.66. The number of nitro groups is 1. The number of amides is 1. The Morgan fingerprint density at radius 1 is 1.23 bits per heavy atom. The number of furan rings is 1. The molecule has 9 nitrogen and oxygen atoms in total. The summed E-state index contributed by atoms with van der Waals surface area (Å²) in [7, 11) is 1.42. The normalized spacial score (nSPS) is 10.7. The molecule has 0 radical (unpaired) electrons. The van der Waals surface area contributed by atoms with E-state index < -0.39 is 4.92 Å². The second-order valence-electron chi connectivity index (χ2n) is 6.00. The maximum Gasteiger partial charge on any atom is 0.273 e. The van der Waals surface area contributed by atoms with E-state index in [1.165, 1.54) is 25.5 Å². The summed E-state index contributed by atoms with van der Waals surface area (Å²) in [6.07, 6.45) is 1.35. The molecule has 30 heavy (non-hydrogen) atoms. The van der Waals surface area contributed by atoms with Crippen molar-refractivity contribution >= 4 is 35.1 Å². The summed E-state index contributed by atoms with van der Waals surface area (Å²) < 4.78 is 10.9. The average Bonchev–Trinajstić information content (AvgIpc) is 3.21. The van der Waals surface area contributed by atoms with Gasteiger partial charge in [-0.1, -0.05) is 11.6 Å². The zero-order valence-corrected chi connectivity index (χ0v) is 16.6. The van der Waals surface area contributed by atoms with Gasteiger partial charge in [0.1, 0.15) is 17.3 Å². The van der Waals surface area contributed by atoms with Crippen LogP contribution in [0.25, 0.3) is 11.3 Å². The number of non-ortho nitro benzene ring substituents is 1. The maximum atomic E-state index is 11.9. The van der Waals surface area contributed by atoms with Crippen molar-refractivity contribution in [2.24, 2.45) is 5.10 Å². The van der Waals surface area contributed by atoms with Gasteiger partial charge in [0.25, 0.3) is 11.6 Å². The van der Waals surface area contributed by atoms with Gasteiger partial charge in [-0.2, -0.15) is 5.10 Å². The van der Waals surface area contributed by atoms with Crippen molar-refractivity contribution in [1.82, 2.24) is 5.43 Å². The van der Waals surface area contributed by atoms with Gasteiger partial charge in [0, 0.05) is 16.8 Å². The lowest BCUT2D eigenvalue weighted by atomic mass is 10.1. The molecule has 0 aliphatic heterocycles. The number of carbonyl (C=O) groups is 1. The van der Waals surface area contributed by atoms with E-state index in [-0.39, 0.29) is 18.1 Å². The van der Waals surface area contributed by atoms with E-state index in [1.54, 1.807) is 42.5 Å². The van der Waals surface area contributed by atoms with Gasteiger partial charge >= 0.3 is 0 Å². The summed E-state index contributed by atoms with van der Waals surface area (Å²) in [5.41, 5.74) is 3.61. The number of methoxy groups -OCH3 is 1. The SMILES string of the molecule is COc1cc([N+](=O)[O-])ccc1-c1ccc(/C=N/NC(=O)CNc2ccc(Cl)cc2)o1. The number of nitrogens with zero attached hydrogens (tertiary/aromatic N) is 2. The summed E-state index contributed by atoms with van der Waals surface area (Å²) >= 11 is 5.81. The lowest BCUT2D eigenvalue weighted by Crippen LogP contribution is -2.25. The van der Waals surface area contributed by atoms with Crippen molar-refractivity contribution in [1.29, 1.82) is 0 Å². The third-order valence-electron chi connectivity index (χ3n) is 3.97. The number of hydrogen-bond donors (Lipinski definition) is 2. The van der Waals surface area contributed by atoms with E-state index in [1.807, 2.05) is 0 Å². The first-order valence-electron chi connectivity index (χ1n) is 8.70. The lowest BCUT2D eigenvalue weighted by molar-refractivity contribution is -0.384. The second kappa shape index (κ2) is 9.57. The summed E-state index contributed by atoms with van der Waals surface area (Å²) in [4.78, 5) is 22.3. The molecule has 2 N–H and O–H groups in total. The molecule has 0 bridgehead atoms. The van der Waals surface area contributed by atoms with Crippen LogP contribution in [0.4, 0.5) is 11.4 Å². The molecule has 0 saturated carbocycles. The number of hydrazone groups is 1. The van der Waals surface area contributed by atoms with Gasteiger partial charge in [-0.05, 0) is 42.5 Å². The Morgan fingerprint density at radius 3 is 2.70 bits per heavy atom. The van der Waals surface area contributed by atoms with Gasteiger partial charge in [-0.3, -0.25) is 14.9 Å². The zero-order chi connectivity index (χ0) is 21.5. The highest BCUT2D eigenvalue weighted by molar-refractivity contribution is 6.30. The molecule has 0 unspecified atom stereocenters. The Balaban J connectivity index is 1.58. The topological polar surface area (TPSA) is 119 Å². The van der Waals surface area contributed by atoms with Crippen molar-refractivity contribution < 1.29 is 18.9 Å². The molecule has 10 heteroatoms. The Bertz CT molecular complexity index is 1080. The first kappa shape index (κ1) is 20.9. The first-order chi connectivity index (χ1) is 14.5. The molecule has 0 atom stereocenters. The standard InChI is InChI=1S/C20H17ClN4O5/c1-29-19-10-15(25(27)28)6-8-17(19)18-9-7-16(30-18)11-23-24-20(26)12-22-14-4-2-13(21)3-5-14/h2-11,22H,12H2,1H3,(H,24,26)/b23-11+. The molecule has 3 aromatic rings. The minimum Gasteiger partial charge on any atom is -0.496 e. The summed E-state index contributed by atoms with van der Waals surface area (Å²) in [6, 6.07) is 14.5. The molecule has 0 fully saturated rings. The summed E-state index contributed by atoms with van der Waals surface area (Å²) in [6.45, 7) is 0.0301. The maximum absolute atomic E-state index is 11.9. The van der Waals surface area contributed by atoms with E-state index >= 15 is 0 Å². The molecule has 1 aromatic heterocycles. The highest BCUT2D eigenvalue weighted by atomic mass is 35.5. The van der Waals surface area contributed by atoms with Gasteiger partial charge in [-0.15, -0.1) is 0 Å². The van der Waals surface area contributed by atoms with Crippen LogP contribution < -0.4 is 15.5 Å². The van der Waals surface area contributed by atoms with Crippen LogP contribution in [-0.2, 0) is 4.79 Å². The molecule has 2 aromatic carbocycles. The molecule has 1 heterocycles. The summed E-state index contributed by atoms with van der Waals surface area (Å²) in [5, 5.41) is 18.3. The third-order valence-corrected chi connectivity index (χ3v) is 4.22. The number of benzene rings is 2. The largest absolute Gasteiger partial charge is 0.496 e. The number of rotatable bonds is 8. The highest BCUT2D eigenvalue weighted by Crippen LogP contribution is 2.34. The van der Waals surface area contributed by atoms with E-state index in [0.29, 0.717) is 27.9 Å². The number of halogens is 1. The monoisotopic (exact) mass is 428 g/mol. The number of nitro benzene ring substituents is 1. The van der Waals surface area contributed by atoms with Crippen LogP contribution in [0.15, 0.2) is 64.1 Å². The fourth-order valence-electron chi connectivity index (χ4n) is 2.52. The smallest absolute Gasteiger partial charge is 0.273 e. The van der Waals surface area contributed by atoms with E-state index in [9.17, 15) is 14.9 Å². The third kappa shape index (κ3) is 5.36. The lowest BCUT2D eigenvalue weighted by Gasteiger charge is -2.05. The van der Waals surface area contributed by atoms with Crippen molar-refractivity contribution in [2.75, 3.05) is 19.0 Å². The first-order valence-corrected chi connectivity index (χ1v) is 9.08. The molecule has 1 amide bonds. The van der Waals surface area contributed by atoms with Crippen molar-refractivity contribution in [3.05, 3.63) is 75.5 Å². The number of carbonyl (C=O) groups excluding carboxylic acids is 1. The fraction of sp³-hybridized carbons (Fsp3) is 0.100. The fourth-order valence-corrected chi connectivity index (χ4v) is 2.65. The Hall–Kier alpha value is -3.85. The number of hydrogen-bond acceptors (Lipinski definition) is 7. The van der Waals surface area contributed by atoms with Crippen LogP contribution in [0.1, 0.15) is 5.76 Å². The van der Waals surface area contributed by atoms with E-state index in [2.05, 4.69) is 15.8 Å². The molecule has 3 rings (SSSR count).